The fraction of sp³-hybridized carbons (Fsp3) is 0.650. The van der Waals surface area contributed by atoms with Crippen LogP contribution in [0.5, 0.6) is 5.75 Å². The van der Waals surface area contributed by atoms with Crippen LogP contribution < -0.4 is 10.1 Å². The fourth-order valence-corrected chi connectivity index (χ4v) is 4.04. The van der Waals surface area contributed by atoms with Gasteiger partial charge >= 0.3 is 0 Å². The van der Waals surface area contributed by atoms with Crippen molar-refractivity contribution in [2.24, 2.45) is 5.92 Å². The molecule has 1 saturated heterocycles. The average molecular weight is 331 g/mol. The summed E-state index contributed by atoms with van der Waals surface area (Å²) in [7, 11) is 1.68. The van der Waals surface area contributed by atoms with Gasteiger partial charge in [0.1, 0.15) is 5.75 Å². The molecule has 1 N–H and O–H groups in total. The standard InChI is InChI=1S/C20H29NO3/c1-23-18-9-7-17(8-10-18)20(11-13-24-14-12-20)15-21-19(22)16-5-3-2-4-6-16/h7-10,16H,2-6,11-15H2,1H3,(H,21,22). The van der Waals surface area contributed by atoms with Crippen LogP contribution in [-0.4, -0.2) is 32.8 Å². The predicted molar refractivity (Wildman–Crippen MR) is 94.3 cm³/mol. The van der Waals surface area contributed by atoms with Gasteiger partial charge in [-0.3, -0.25) is 4.79 Å². The van der Waals surface area contributed by atoms with Crippen LogP contribution in [0.15, 0.2) is 24.3 Å². The molecule has 0 atom stereocenters. The van der Waals surface area contributed by atoms with Crippen LogP contribution in [0.4, 0.5) is 0 Å². The van der Waals surface area contributed by atoms with E-state index in [0.29, 0.717) is 6.54 Å². The molecule has 2 fully saturated rings. The van der Waals surface area contributed by atoms with Gasteiger partial charge in [0.15, 0.2) is 0 Å². The Balaban J connectivity index is 1.69. The van der Waals surface area contributed by atoms with Crippen molar-refractivity contribution in [1.82, 2.24) is 5.32 Å². The molecule has 1 aliphatic carbocycles. The van der Waals surface area contributed by atoms with E-state index in [9.17, 15) is 4.79 Å². The highest BCUT2D eigenvalue weighted by atomic mass is 16.5. The molecule has 1 heterocycles. The Morgan fingerprint density at radius 2 is 1.83 bits per heavy atom. The topological polar surface area (TPSA) is 47.6 Å². The van der Waals surface area contributed by atoms with E-state index in [4.69, 9.17) is 9.47 Å². The van der Waals surface area contributed by atoms with E-state index >= 15 is 0 Å². The van der Waals surface area contributed by atoms with Crippen molar-refractivity contribution in [2.45, 2.75) is 50.4 Å². The quantitative estimate of drug-likeness (QED) is 0.899. The van der Waals surface area contributed by atoms with Crippen LogP contribution in [0.1, 0.15) is 50.5 Å². The molecule has 0 radical (unpaired) electrons. The number of nitrogens with one attached hydrogen (secondary N) is 1. The minimum atomic E-state index is -0.0190. The smallest absolute Gasteiger partial charge is 0.223 e. The highest BCUT2D eigenvalue weighted by molar-refractivity contribution is 5.78. The van der Waals surface area contributed by atoms with Gasteiger partial charge in [0.05, 0.1) is 7.11 Å². The van der Waals surface area contributed by atoms with Crippen LogP contribution in [0.25, 0.3) is 0 Å². The van der Waals surface area contributed by atoms with Crippen molar-refractivity contribution in [3.05, 3.63) is 29.8 Å². The van der Waals surface area contributed by atoms with Crippen LogP contribution >= 0.6 is 0 Å². The lowest BCUT2D eigenvalue weighted by Gasteiger charge is -2.38. The summed E-state index contributed by atoms with van der Waals surface area (Å²) in [5.74, 6) is 1.33. The second-order valence-electron chi connectivity index (χ2n) is 7.17. The Morgan fingerprint density at radius 1 is 1.17 bits per heavy atom. The van der Waals surface area contributed by atoms with Gasteiger partial charge in [-0.15, -0.1) is 0 Å². The lowest BCUT2D eigenvalue weighted by molar-refractivity contribution is -0.126. The Labute approximate surface area is 144 Å². The Bertz CT molecular complexity index is 528. The molecule has 4 heteroatoms. The number of amides is 1. The molecule has 0 bridgehead atoms. The van der Waals surface area contributed by atoms with E-state index in [0.717, 1.165) is 44.6 Å². The van der Waals surface area contributed by atoms with Gasteiger partial charge in [0.2, 0.25) is 5.91 Å². The summed E-state index contributed by atoms with van der Waals surface area (Å²) in [6, 6.07) is 8.29. The lowest BCUT2D eigenvalue weighted by atomic mass is 9.74. The zero-order chi connectivity index (χ0) is 16.8. The maximum Gasteiger partial charge on any atom is 0.223 e. The first-order valence-corrected chi connectivity index (χ1v) is 9.23. The van der Waals surface area contributed by atoms with Gasteiger partial charge in [0, 0.05) is 31.1 Å². The highest BCUT2D eigenvalue weighted by Crippen LogP contribution is 2.35. The summed E-state index contributed by atoms with van der Waals surface area (Å²) in [4.78, 5) is 12.6. The second kappa shape index (κ2) is 8.02. The zero-order valence-electron chi connectivity index (χ0n) is 14.7. The molecule has 24 heavy (non-hydrogen) atoms. The van der Waals surface area contributed by atoms with Gasteiger partial charge in [-0.25, -0.2) is 0 Å². The van der Waals surface area contributed by atoms with Crippen molar-refractivity contribution in [3.63, 3.8) is 0 Å². The molecule has 1 aromatic carbocycles. The number of carbonyl (C=O) groups is 1. The van der Waals surface area contributed by atoms with Gasteiger partial charge in [-0.2, -0.15) is 0 Å². The molecule has 2 aliphatic rings. The second-order valence-corrected chi connectivity index (χ2v) is 7.17. The monoisotopic (exact) mass is 331 g/mol. The first kappa shape index (κ1) is 17.3. The van der Waals surface area contributed by atoms with E-state index in [1.807, 2.05) is 12.1 Å². The number of methoxy groups -OCH3 is 1. The highest BCUT2D eigenvalue weighted by Gasteiger charge is 2.35. The molecule has 1 amide bonds. The molecule has 0 unspecified atom stereocenters. The number of carbonyl (C=O) groups excluding carboxylic acids is 1. The molecule has 1 aliphatic heterocycles. The van der Waals surface area contributed by atoms with Crippen LogP contribution in [0.3, 0.4) is 0 Å². The van der Waals surface area contributed by atoms with Crippen LogP contribution in [0.2, 0.25) is 0 Å². The van der Waals surface area contributed by atoms with Crippen LogP contribution in [0, 0.1) is 5.92 Å². The Kier molecular flexibility index (Phi) is 5.77. The van der Waals surface area contributed by atoms with Crippen molar-refractivity contribution < 1.29 is 14.3 Å². The molecular weight excluding hydrogens is 302 g/mol. The van der Waals surface area contributed by atoms with Gasteiger partial charge in [0.25, 0.3) is 0 Å². The van der Waals surface area contributed by atoms with E-state index in [1.54, 1.807) is 7.11 Å². The number of hydrogen-bond acceptors (Lipinski definition) is 3. The molecular formula is C20H29NO3. The molecule has 0 spiro atoms. The SMILES string of the molecule is COc1ccc(C2(CNC(=O)C3CCCCC3)CCOCC2)cc1. The summed E-state index contributed by atoms with van der Waals surface area (Å²) in [5.41, 5.74) is 1.25. The van der Waals surface area contributed by atoms with Gasteiger partial charge < -0.3 is 14.8 Å². The van der Waals surface area contributed by atoms with Crippen molar-refractivity contribution in [2.75, 3.05) is 26.9 Å². The summed E-state index contributed by atoms with van der Waals surface area (Å²) in [5, 5.41) is 3.26. The number of rotatable bonds is 5. The largest absolute Gasteiger partial charge is 0.497 e. The summed E-state index contributed by atoms with van der Waals surface area (Å²) >= 11 is 0. The summed E-state index contributed by atoms with van der Waals surface area (Å²) < 4.78 is 10.8. The van der Waals surface area contributed by atoms with Crippen molar-refractivity contribution in [3.8, 4) is 5.75 Å². The number of benzene rings is 1. The maximum absolute atomic E-state index is 12.6. The van der Waals surface area contributed by atoms with Crippen molar-refractivity contribution >= 4 is 5.91 Å². The molecule has 1 saturated carbocycles. The fourth-order valence-electron chi connectivity index (χ4n) is 4.04. The van der Waals surface area contributed by atoms with Crippen molar-refractivity contribution in [1.29, 1.82) is 0 Å². The Hall–Kier alpha value is -1.55. The van der Waals surface area contributed by atoms with E-state index in [1.165, 1.54) is 24.8 Å². The van der Waals surface area contributed by atoms with E-state index in [2.05, 4.69) is 17.4 Å². The third-order valence-corrected chi connectivity index (χ3v) is 5.73. The Morgan fingerprint density at radius 3 is 2.46 bits per heavy atom. The number of hydrogen-bond donors (Lipinski definition) is 1. The minimum absolute atomic E-state index is 0.0190. The van der Waals surface area contributed by atoms with E-state index < -0.39 is 0 Å². The lowest BCUT2D eigenvalue weighted by Crippen LogP contribution is -2.46. The summed E-state index contributed by atoms with van der Waals surface area (Å²) in [6.07, 6.45) is 7.64. The molecule has 0 aromatic heterocycles. The van der Waals surface area contributed by atoms with E-state index in [-0.39, 0.29) is 17.2 Å². The first-order chi connectivity index (χ1) is 11.7. The normalized spacial score (nSPS) is 21.2. The third-order valence-electron chi connectivity index (χ3n) is 5.73. The first-order valence-electron chi connectivity index (χ1n) is 9.23. The molecule has 4 nitrogen and oxygen atoms in total. The maximum atomic E-state index is 12.6. The summed E-state index contributed by atoms with van der Waals surface area (Å²) in [6.45, 7) is 2.22. The molecule has 132 valence electrons. The predicted octanol–water partition coefficient (Wildman–Crippen LogP) is 3.44. The average Bonchev–Trinajstić information content (AvgIpc) is 2.67. The van der Waals surface area contributed by atoms with Gasteiger partial charge in [-0.1, -0.05) is 31.4 Å². The zero-order valence-corrected chi connectivity index (χ0v) is 14.7. The number of ether oxygens (including phenoxy) is 2. The molecule has 3 rings (SSSR count). The molecule has 1 aromatic rings. The van der Waals surface area contributed by atoms with Gasteiger partial charge in [-0.05, 0) is 43.4 Å². The third kappa shape index (κ3) is 3.92. The minimum Gasteiger partial charge on any atom is -0.497 e. The van der Waals surface area contributed by atoms with Crippen LogP contribution in [-0.2, 0) is 14.9 Å².